The number of rotatable bonds is 2. The molecule has 3 aliphatic heterocycles. The molecule has 148 valence electrons. The van der Waals surface area contributed by atoms with Gasteiger partial charge >= 0.3 is 0 Å². The quantitative estimate of drug-likeness (QED) is 0.517. The first kappa shape index (κ1) is 17.2. The predicted molar refractivity (Wildman–Crippen MR) is 112 cm³/mol. The van der Waals surface area contributed by atoms with Crippen molar-refractivity contribution >= 4 is 16.6 Å². The Hall–Kier alpha value is -2.70. The van der Waals surface area contributed by atoms with E-state index < -0.39 is 0 Å². The van der Waals surface area contributed by atoms with E-state index in [1.807, 2.05) is 12.1 Å². The predicted octanol–water partition coefficient (Wildman–Crippen LogP) is 4.54. The summed E-state index contributed by atoms with van der Waals surface area (Å²) in [6, 6.07) is 16.6. The maximum Gasteiger partial charge on any atom is 0.275 e. The molecule has 2 aromatic carbocycles. The van der Waals surface area contributed by atoms with Crippen LogP contribution in [-0.4, -0.2) is 38.8 Å². The van der Waals surface area contributed by atoms with Crippen LogP contribution < -0.4 is 0 Å². The van der Waals surface area contributed by atoms with E-state index in [0.29, 0.717) is 6.04 Å². The highest BCUT2D eigenvalue weighted by Gasteiger charge is 2.52. The molecule has 29 heavy (non-hydrogen) atoms. The molecular formula is C23H24N4O2. The molecule has 3 aliphatic rings. The SMILES string of the molecule is O=[N+]([O-])c1ccccc1C1N2CCCCC2[C@@H]2c3[nH]c4ccccc4c3CCN12. The van der Waals surface area contributed by atoms with Gasteiger partial charge in [-0.2, -0.15) is 0 Å². The van der Waals surface area contributed by atoms with Crippen molar-refractivity contribution < 1.29 is 4.92 Å². The number of aromatic nitrogens is 1. The minimum atomic E-state index is -0.222. The zero-order valence-electron chi connectivity index (χ0n) is 16.3. The van der Waals surface area contributed by atoms with E-state index in [1.165, 1.54) is 28.6 Å². The molecule has 0 aliphatic carbocycles. The largest absolute Gasteiger partial charge is 0.357 e. The fourth-order valence-corrected chi connectivity index (χ4v) is 6.02. The van der Waals surface area contributed by atoms with Crippen molar-refractivity contribution in [2.24, 2.45) is 0 Å². The summed E-state index contributed by atoms with van der Waals surface area (Å²) in [5, 5.41) is 13.1. The Balaban J connectivity index is 1.52. The van der Waals surface area contributed by atoms with Crippen LogP contribution in [0.5, 0.6) is 0 Å². The summed E-state index contributed by atoms with van der Waals surface area (Å²) in [6.45, 7) is 1.94. The van der Waals surface area contributed by atoms with Gasteiger partial charge in [0.2, 0.25) is 0 Å². The van der Waals surface area contributed by atoms with Crippen LogP contribution in [0.3, 0.4) is 0 Å². The zero-order valence-corrected chi connectivity index (χ0v) is 16.3. The average Bonchev–Trinajstić information content (AvgIpc) is 3.29. The van der Waals surface area contributed by atoms with Crippen LogP contribution in [0.15, 0.2) is 48.5 Å². The molecule has 0 saturated carbocycles. The second-order valence-electron chi connectivity index (χ2n) is 8.49. The summed E-state index contributed by atoms with van der Waals surface area (Å²) >= 11 is 0. The average molecular weight is 388 g/mol. The van der Waals surface area contributed by atoms with Gasteiger partial charge < -0.3 is 4.98 Å². The van der Waals surface area contributed by atoms with Crippen molar-refractivity contribution in [3.63, 3.8) is 0 Å². The van der Waals surface area contributed by atoms with Gasteiger partial charge in [-0.3, -0.25) is 19.9 Å². The van der Waals surface area contributed by atoms with Gasteiger partial charge in [0.05, 0.1) is 22.7 Å². The first-order chi connectivity index (χ1) is 14.2. The molecule has 2 fully saturated rings. The lowest BCUT2D eigenvalue weighted by Crippen LogP contribution is -2.38. The lowest BCUT2D eigenvalue weighted by molar-refractivity contribution is -0.386. The number of nitro benzene ring substituents is 1. The van der Waals surface area contributed by atoms with Crippen molar-refractivity contribution in [1.29, 1.82) is 0 Å². The molecule has 0 radical (unpaired) electrons. The zero-order chi connectivity index (χ0) is 19.5. The summed E-state index contributed by atoms with van der Waals surface area (Å²) in [7, 11) is 0. The van der Waals surface area contributed by atoms with Gasteiger partial charge in [0.15, 0.2) is 0 Å². The Bertz CT molecular complexity index is 1110. The second kappa shape index (κ2) is 6.40. The normalized spacial score (nSPS) is 26.8. The third-order valence-corrected chi connectivity index (χ3v) is 7.12. The van der Waals surface area contributed by atoms with Crippen LogP contribution in [0, 0.1) is 10.1 Å². The Morgan fingerprint density at radius 2 is 1.83 bits per heavy atom. The number of nitrogens with one attached hydrogen (secondary N) is 1. The Morgan fingerprint density at radius 3 is 2.72 bits per heavy atom. The standard InChI is InChI=1S/C23H24N4O2/c28-27(29)19-10-4-2-8-17(19)23-25-13-6-5-11-20(25)22-21-16(12-14-26(22)23)15-7-1-3-9-18(15)24-21/h1-4,7-10,20,22-24H,5-6,11-14H2/t20?,22-,23?/m1/s1. The van der Waals surface area contributed by atoms with Gasteiger partial charge in [0.1, 0.15) is 0 Å². The Labute approximate surface area is 169 Å². The lowest BCUT2D eigenvalue weighted by Gasteiger charge is -2.34. The molecule has 6 heteroatoms. The summed E-state index contributed by atoms with van der Waals surface area (Å²) in [6.07, 6.45) is 4.49. The van der Waals surface area contributed by atoms with E-state index in [1.54, 1.807) is 12.1 Å². The molecule has 6 nitrogen and oxygen atoms in total. The Morgan fingerprint density at radius 1 is 1.00 bits per heavy atom. The third-order valence-electron chi connectivity index (χ3n) is 7.12. The molecule has 2 saturated heterocycles. The smallest absolute Gasteiger partial charge is 0.275 e. The molecule has 0 bridgehead atoms. The fourth-order valence-electron chi connectivity index (χ4n) is 6.02. The van der Waals surface area contributed by atoms with Gasteiger partial charge in [-0.15, -0.1) is 0 Å². The van der Waals surface area contributed by atoms with E-state index in [4.69, 9.17) is 0 Å². The molecule has 3 atom stereocenters. The van der Waals surface area contributed by atoms with E-state index in [-0.39, 0.29) is 22.8 Å². The molecule has 0 spiro atoms. The highest BCUT2D eigenvalue weighted by molar-refractivity contribution is 5.85. The molecular weight excluding hydrogens is 364 g/mol. The number of H-pyrrole nitrogens is 1. The van der Waals surface area contributed by atoms with Crippen LogP contribution in [0.1, 0.15) is 48.3 Å². The van der Waals surface area contributed by atoms with Crippen molar-refractivity contribution in [1.82, 2.24) is 14.8 Å². The number of nitro groups is 1. The number of hydrogen-bond acceptors (Lipinski definition) is 4. The first-order valence-electron chi connectivity index (χ1n) is 10.6. The van der Waals surface area contributed by atoms with Gasteiger partial charge in [0.25, 0.3) is 5.69 Å². The minimum absolute atomic E-state index is 0.0218. The number of piperidine rings is 1. The first-order valence-corrected chi connectivity index (χ1v) is 10.6. The molecule has 1 aromatic heterocycles. The number of benzene rings is 2. The van der Waals surface area contributed by atoms with Crippen molar-refractivity contribution in [3.05, 3.63) is 75.5 Å². The van der Waals surface area contributed by atoms with Crippen molar-refractivity contribution in [2.75, 3.05) is 13.1 Å². The van der Waals surface area contributed by atoms with E-state index in [9.17, 15) is 10.1 Å². The van der Waals surface area contributed by atoms with Gasteiger partial charge in [-0.25, -0.2) is 0 Å². The summed E-state index contributed by atoms with van der Waals surface area (Å²) < 4.78 is 0. The minimum Gasteiger partial charge on any atom is -0.357 e. The number of aromatic amines is 1. The molecule has 2 unspecified atom stereocenters. The van der Waals surface area contributed by atoms with Crippen LogP contribution in [-0.2, 0) is 6.42 Å². The summed E-state index contributed by atoms with van der Waals surface area (Å²) in [5.41, 5.74) is 5.05. The fraction of sp³-hybridized carbons (Fsp3) is 0.391. The topological polar surface area (TPSA) is 65.4 Å². The Kier molecular flexibility index (Phi) is 3.79. The van der Waals surface area contributed by atoms with E-state index in [2.05, 4.69) is 39.0 Å². The summed E-state index contributed by atoms with van der Waals surface area (Å²) in [5.74, 6) is 0. The van der Waals surface area contributed by atoms with Crippen molar-refractivity contribution in [3.8, 4) is 0 Å². The lowest BCUT2D eigenvalue weighted by atomic mass is 9.90. The third kappa shape index (κ3) is 2.42. The van der Waals surface area contributed by atoms with Crippen LogP contribution in [0.2, 0.25) is 0 Å². The van der Waals surface area contributed by atoms with Gasteiger partial charge in [-0.1, -0.05) is 36.8 Å². The highest BCUT2D eigenvalue weighted by atomic mass is 16.6. The number of nitrogens with zero attached hydrogens (tertiary/aromatic N) is 3. The molecule has 0 amide bonds. The summed E-state index contributed by atoms with van der Waals surface area (Å²) in [4.78, 5) is 20.3. The van der Waals surface area contributed by atoms with Crippen LogP contribution in [0.4, 0.5) is 5.69 Å². The van der Waals surface area contributed by atoms with E-state index in [0.717, 1.165) is 37.9 Å². The van der Waals surface area contributed by atoms with Gasteiger partial charge in [-0.05, 0) is 37.0 Å². The second-order valence-corrected chi connectivity index (χ2v) is 8.49. The molecule has 6 rings (SSSR count). The molecule has 3 aromatic rings. The van der Waals surface area contributed by atoms with Crippen molar-refractivity contribution in [2.45, 2.75) is 43.9 Å². The highest BCUT2D eigenvalue weighted by Crippen LogP contribution is 2.52. The maximum absolute atomic E-state index is 11.8. The number of para-hydroxylation sites is 2. The molecule has 4 heterocycles. The van der Waals surface area contributed by atoms with Gasteiger partial charge in [0, 0.05) is 41.8 Å². The number of fused-ring (bicyclic) bond motifs is 7. The van der Waals surface area contributed by atoms with E-state index >= 15 is 0 Å². The molecule has 1 N–H and O–H groups in total. The number of hydrogen-bond donors (Lipinski definition) is 1. The monoisotopic (exact) mass is 388 g/mol. The van der Waals surface area contributed by atoms with Crippen LogP contribution in [0.25, 0.3) is 10.9 Å². The maximum atomic E-state index is 11.8. The van der Waals surface area contributed by atoms with Crippen LogP contribution >= 0.6 is 0 Å².